The molecule has 7 heteroatoms. The summed E-state index contributed by atoms with van der Waals surface area (Å²) in [6.45, 7) is 4.50. The SMILES string of the molecule is CCCCN1C=CN(C)C1.O=[PH](O)O.[Mo]. The van der Waals surface area contributed by atoms with E-state index in [0.717, 1.165) is 6.67 Å². The predicted molar refractivity (Wildman–Crippen MR) is 56.8 cm³/mol. The van der Waals surface area contributed by atoms with Crippen LogP contribution in [0.3, 0.4) is 0 Å². The molecule has 0 fully saturated rings. The summed E-state index contributed by atoms with van der Waals surface area (Å²) < 4.78 is 8.74. The van der Waals surface area contributed by atoms with Crippen LogP contribution >= 0.6 is 8.25 Å². The van der Waals surface area contributed by atoms with Gasteiger partial charge in [0.1, 0.15) is 0 Å². The summed E-state index contributed by atoms with van der Waals surface area (Å²) in [5.41, 5.74) is 0. The molecule has 15 heavy (non-hydrogen) atoms. The van der Waals surface area contributed by atoms with Gasteiger partial charge in [0.25, 0.3) is 0 Å². The van der Waals surface area contributed by atoms with Crippen LogP contribution in [0.2, 0.25) is 0 Å². The van der Waals surface area contributed by atoms with Crippen LogP contribution in [0.1, 0.15) is 19.8 Å². The van der Waals surface area contributed by atoms with Crippen LogP contribution in [0, 0.1) is 0 Å². The zero-order valence-corrected chi connectivity index (χ0v) is 12.1. The molecule has 0 saturated heterocycles. The Kier molecular flexibility index (Phi) is 12.5. The van der Waals surface area contributed by atoms with Crippen molar-refractivity contribution in [3.8, 4) is 0 Å². The number of hydrogen-bond donors (Lipinski definition) is 2. The molecule has 0 unspecified atom stereocenters. The average molecular weight is 318 g/mol. The Hall–Kier alpha value is 0.178. The van der Waals surface area contributed by atoms with Crippen molar-refractivity contribution in [2.75, 3.05) is 20.3 Å². The van der Waals surface area contributed by atoms with E-state index in [-0.39, 0.29) is 21.1 Å². The monoisotopic (exact) mass is 320 g/mol. The standard InChI is InChI=1S/C8H16N2.Mo.H3O3P/c1-3-4-5-10-7-6-9(2)8-10;;1-4(2)3/h6-7H,3-5,8H2,1-2H3;;4H,(H2,1,2,3). The first kappa shape index (κ1) is 17.6. The summed E-state index contributed by atoms with van der Waals surface area (Å²) in [5.74, 6) is 0. The van der Waals surface area contributed by atoms with E-state index in [2.05, 4.69) is 36.2 Å². The number of hydrogen-bond acceptors (Lipinski definition) is 3. The molecule has 0 bridgehead atoms. The summed E-state index contributed by atoms with van der Waals surface area (Å²) >= 11 is 0. The molecule has 1 heterocycles. The van der Waals surface area contributed by atoms with Crippen LogP contribution in [0.25, 0.3) is 0 Å². The second-order valence-electron chi connectivity index (χ2n) is 3.15. The van der Waals surface area contributed by atoms with E-state index in [1.54, 1.807) is 0 Å². The van der Waals surface area contributed by atoms with Gasteiger partial charge in [0.05, 0.1) is 6.67 Å². The van der Waals surface area contributed by atoms with Crippen molar-refractivity contribution >= 4 is 8.25 Å². The molecule has 0 spiro atoms. The van der Waals surface area contributed by atoms with Gasteiger partial charge in [0, 0.05) is 47.1 Å². The summed E-state index contributed by atoms with van der Waals surface area (Å²) in [6.07, 6.45) is 6.87. The molecule has 1 aliphatic rings. The largest absolute Gasteiger partial charge is 0.362 e. The molecule has 0 aromatic heterocycles. The van der Waals surface area contributed by atoms with E-state index >= 15 is 0 Å². The van der Waals surface area contributed by atoms with Gasteiger partial charge >= 0.3 is 8.25 Å². The van der Waals surface area contributed by atoms with Gasteiger partial charge in [-0.15, -0.1) is 0 Å². The topological polar surface area (TPSA) is 64.0 Å². The van der Waals surface area contributed by atoms with Crippen LogP contribution in [0.4, 0.5) is 0 Å². The molecule has 0 aromatic carbocycles. The van der Waals surface area contributed by atoms with Gasteiger partial charge in [0.2, 0.25) is 0 Å². The normalized spacial score (nSPS) is 13.7. The Labute approximate surface area is 106 Å². The van der Waals surface area contributed by atoms with Crippen molar-refractivity contribution in [2.45, 2.75) is 19.8 Å². The van der Waals surface area contributed by atoms with Crippen molar-refractivity contribution in [2.24, 2.45) is 0 Å². The van der Waals surface area contributed by atoms with Crippen LogP contribution in [0.5, 0.6) is 0 Å². The minimum atomic E-state index is -3.13. The first-order chi connectivity index (χ1) is 6.56. The zero-order valence-electron chi connectivity index (χ0n) is 9.09. The maximum absolute atomic E-state index is 8.74. The molecule has 0 radical (unpaired) electrons. The Morgan fingerprint density at radius 2 is 1.93 bits per heavy atom. The van der Waals surface area contributed by atoms with Crippen LogP contribution < -0.4 is 0 Å². The molecule has 0 saturated carbocycles. The molecule has 0 aliphatic carbocycles. The fourth-order valence-corrected chi connectivity index (χ4v) is 1.10. The third-order valence-corrected chi connectivity index (χ3v) is 1.74. The number of nitrogens with zero attached hydrogens (tertiary/aromatic N) is 2. The quantitative estimate of drug-likeness (QED) is 0.596. The van der Waals surface area contributed by atoms with E-state index in [1.165, 1.54) is 19.4 Å². The molecule has 2 N–H and O–H groups in total. The third kappa shape index (κ3) is 12.1. The van der Waals surface area contributed by atoms with Crippen LogP contribution in [-0.4, -0.2) is 39.8 Å². The van der Waals surface area contributed by atoms with Crippen LogP contribution in [0.15, 0.2) is 12.4 Å². The molecule has 5 nitrogen and oxygen atoms in total. The Balaban J connectivity index is 0. The van der Waals surface area contributed by atoms with Gasteiger partial charge in [-0.2, -0.15) is 0 Å². The van der Waals surface area contributed by atoms with E-state index in [9.17, 15) is 0 Å². The summed E-state index contributed by atoms with van der Waals surface area (Å²) in [6, 6.07) is 0. The maximum Gasteiger partial charge on any atom is 0.314 e. The summed E-state index contributed by atoms with van der Waals surface area (Å²) in [4.78, 5) is 18.8. The molecule has 1 aliphatic heterocycles. The Morgan fingerprint density at radius 3 is 2.27 bits per heavy atom. The minimum Gasteiger partial charge on any atom is -0.362 e. The molecule has 0 aromatic rings. The van der Waals surface area contributed by atoms with E-state index in [1.807, 2.05) is 0 Å². The fourth-order valence-electron chi connectivity index (χ4n) is 1.10. The van der Waals surface area contributed by atoms with Gasteiger partial charge in [0.15, 0.2) is 0 Å². The summed E-state index contributed by atoms with van der Waals surface area (Å²) in [5, 5.41) is 0. The van der Waals surface area contributed by atoms with Crippen LogP contribution in [-0.2, 0) is 25.6 Å². The minimum absolute atomic E-state index is 0. The summed E-state index contributed by atoms with van der Waals surface area (Å²) in [7, 11) is -1.03. The van der Waals surface area contributed by atoms with E-state index < -0.39 is 8.25 Å². The second-order valence-corrected chi connectivity index (χ2v) is 3.71. The number of unbranched alkanes of at least 4 members (excludes halogenated alkanes) is 1. The van der Waals surface area contributed by atoms with E-state index in [4.69, 9.17) is 14.4 Å². The smallest absolute Gasteiger partial charge is 0.314 e. The zero-order chi connectivity index (χ0) is 11.0. The first-order valence-electron chi connectivity index (χ1n) is 4.60. The molecule has 90 valence electrons. The van der Waals surface area contributed by atoms with Gasteiger partial charge in [-0.3, -0.25) is 4.57 Å². The van der Waals surface area contributed by atoms with Gasteiger partial charge in [-0.05, 0) is 6.42 Å². The molecule has 0 atom stereocenters. The van der Waals surface area contributed by atoms with Crippen molar-refractivity contribution in [1.82, 2.24) is 9.80 Å². The molecule has 1 rings (SSSR count). The van der Waals surface area contributed by atoms with Gasteiger partial charge in [-0.1, -0.05) is 13.3 Å². The average Bonchev–Trinajstić information content (AvgIpc) is 2.47. The Morgan fingerprint density at radius 1 is 1.40 bits per heavy atom. The Bertz CT molecular complexity index is 200. The van der Waals surface area contributed by atoms with Crippen molar-refractivity contribution in [1.29, 1.82) is 0 Å². The van der Waals surface area contributed by atoms with Crippen molar-refractivity contribution in [3.63, 3.8) is 0 Å². The van der Waals surface area contributed by atoms with E-state index in [0.29, 0.717) is 0 Å². The second kappa shape index (κ2) is 10.7. The van der Waals surface area contributed by atoms with Crippen molar-refractivity contribution < 1.29 is 35.4 Å². The van der Waals surface area contributed by atoms with Gasteiger partial charge in [-0.25, -0.2) is 0 Å². The van der Waals surface area contributed by atoms with Gasteiger partial charge < -0.3 is 19.6 Å². The molecular formula is C8H19MoN2O3P. The number of rotatable bonds is 3. The first-order valence-corrected chi connectivity index (χ1v) is 5.91. The predicted octanol–water partition coefficient (Wildman–Crippen LogP) is 0.821. The molecular weight excluding hydrogens is 299 g/mol. The maximum atomic E-state index is 8.74. The fraction of sp³-hybridized carbons (Fsp3) is 0.750. The molecule has 0 amide bonds. The van der Waals surface area contributed by atoms with Crippen molar-refractivity contribution in [3.05, 3.63) is 12.4 Å². The third-order valence-electron chi connectivity index (χ3n) is 1.74.